The molecule has 1 rings (SSSR count). The third kappa shape index (κ3) is 3.53. The largest absolute Gasteiger partial charge is 0.390 e. The molecule has 3 N–H and O–H groups in total. The summed E-state index contributed by atoms with van der Waals surface area (Å²) in [4.78, 5) is 0. The second-order valence-corrected chi connectivity index (χ2v) is 5.40. The molecule has 1 fully saturated rings. The maximum Gasteiger partial charge on any atom is 0.264 e. The summed E-state index contributed by atoms with van der Waals surface area (Å²) in [5.41, 5.74) is 0. The third-order valence-electron chi connectivity index (χ3n) is 2.70. The van der Waals surface area contributed by atoms with E-state index in [9.17, 15) is 18.6 Å². The first-order chi connectivity index (χ1) is 6.40. The molecule has 0 bridgehead atoms. The molecular weight excluding hydrogens is 208 g/mol. The van der Waals surface area contributed by atoms with E-state index in [0.29, 0.717) is 12.8 Å². The van der Waals surface area contributed by atoms with Crippen molar-refractivity contribution in [2.75, 3.05) is 5.75 Å². The van der Waals surface area contributed by atoms with Gasteiger partial charge in [0.2, 0.25) is 0 Å². The lowest BCUT2D eigenvalue weighted by Crippen LogP contribution is -2.38. The Morgan fingerprint density at radius 3 is 2.43 bits per heavy atom. The zero-order valence-corrected chi connectivity index (χ0v) is 8.65. The van der Waals surface area contributed by atoms with Gasteiger partial charge >= 0.3 is 0 Å². The minimum atomic E-state index is -3.96. The molecule has 0 aliphatic heterocycles. The maximum absolute atomic E-state index is 10.5. The summed E-state index contributed by atoms with van der Waals surface area (Å²) < 4.78 is 29.5. The molecule has 84 valence electrons. The summed E-state index contributed by atoms with van der Waals surface area (Å²) in [6.45, 7) is 0. The average Bonchev–Trinajstić information content (AvgIpc) is 2.06. The van der Waals surface area contributed by atoms with Crippen LogP contribution in [0.1, 0.15) is 25.7 Å². The van der Waals surface area contributed by atoms with E-state index in [1.54, 1.807) is 0 Å². The molecular formula is C8H16O5S. The number of hydrogen-bond acceptors (Lipinski definition) is 4. The molecule has 0 spiro atoms. The molecule has 3 unspecified atom stereocenters. The quantitative estimate of drug-likeness (QED) is 0.576. The van der Waals surface area contributed by atoms with Crippen molar-refractivity contribution < 1.29 is 23.2 Å². The van der Waals surface area contributed by atoms with Crippen LogP contribution in [-0.2, 0) is 10.1 Å². The fourth-order valence-electron chi connectivity index (χ4n) is 1.86. The summed E-state index contributed by atoms with van der Waals surface area (Å²) >= 11 is 0. The van der Waals surface area contributed by atoms with Crippen LogP contribution in [0.15, 0.2) is 0 Å². The monoisotopic (exact) mass is 224 g/mol. The van der Waals surface area contributed by atoms with Crippen molar-refractivity contribution in [2.45, 2.75) is 37.9 Å². The van der Waals surface area contributed by atoms with Crippen molar-refractivity contribution in [2.24, 2.45) is 5.92 Å². The molecule has 0 aromatic heterocycles. The van der Waals surface area contributed by atoms with Gasteiger partial charge in [0.1, 0.15) is 0 Å². The van der Waals surface area contributed by atoms with Crippen LogP contribution in [0.5, 0.6) is 0 Å². The second-order valence-electron chi connectivity index (χ2n) is 3.82. The van der Waals surface area contributed by atoms with Gasteiger partial charge in [-0.05, 0) is 25.2 Å². The maximum atomic E-state index is 10.5. The van der Waals surface area contributed by atoms with Crippen LogP contribution in [0.25, 0.3) is 0 Å². The zero-order valence-electron chi connectivity index (χ0n) is 7.83. The first-order valence-corrected chi connectivity index (χ1v) is 6.32. The van der Waals surface area contributed by atoms with Crippen LogP contribution >= 0.6 is 0 Å². The van der Waals surface area contributed by atoms with Crippen LogP contribution in [0.4, 0.5) is 0 Å². The fourth-order valence-corrected chi connectivity index (χ4v) is 2.46. The number of aliphatic hydroxyl groups is 2. The Morgan fingerprint density at radius 1 is 1.21 bits per heavy atom. The van der Waals surface area contributed by atoms with Gasteiger partial charge in [-0.25, -0.2) is 0 Å². The third-order valence-corrected chi connectivity index (χ3v) is 3.45. The Kier molecular flexibility index (Phi) is 3.88. The van der Waals surface area contributed by atoms with Gasteiger partial charge < -0.3 is 10.2 Å². The van der Waals surface area contributed by atoms with E-state index < -0.39 is 22.3 Å². The van der Waals surface area contributed by atoms with Crippen molar-refractivity contribution in [3.63, 3.8) is 0 Å². The molecule has 0 amide bonds. The summed E-state index contributed by atoms with van der Waals surface area (Å²) in [7, 11) is -3.96. The predicted molar refractivity (Wildman–Crippen MR) is 50.4 cm³/mol. The molecule has 0 radical (unpaired) electrons. The van der Waals surface area contributed by atoms with E-state index in [-0.39, 0.29) is 18.1 Å². The molecule has 1 aliphatic carbocycles. The first-order valence-electron chi connectivity index (χ1n) is 4.71. The van der Waals surface area contributed by atoms with E-state index in [1.165, 1.54) is 0 Å². The minimum absolute atomic E-state index is 0.205. The molecule has 3 atom stereocenters. The molecule has 0 aromatic rings. The van der Waals surface area contributed by atoms with Gasteiger partial charge in [0.25, 0.3) is 10.1 Å². The van der Waals surface area contributed by atoms with Gasteiger partial charge in [0.05, 0.1) is 18.0 Å². The van der Waals surface area contributed by atoms with Gasteiger partial charge in [-0.3, -0.25) is 4.55 Å². The molecule has 6 heteroatoms. The lowest BCUT2D eigenvalue weighted by molar-refractivity contribution is -0.0452. The lowest BCUT2D eigenvalue weighted by atomic mass is 9.83. The van der Waals surface area contributed by atoms with Gasteiger partial charge in [-0.15, -0.1) is 0 Å². The molecule has 0 aromatic carbocycles. The molecule has 0 heterocycles. The number of aliphatic hydroxyl groups excluding tert-OH is 2. The Hall–Kier alpha value is -0.170. The van der Waals surface area contributed by atoms with Crippen molar-refractivity contribution >= 4 is 10.1 Å². The predicted octanol–water partition coefficient (Wildman–Crippen LogP) is -0.214. The van der Waals surface area contributed by atoms with Crippen LogP contribution in [0.2, 0.25) is 0 Å². The van der Waals surface area contributed by atoms with Crippen molar-refractivity contribution in [1.29, 1.82) is 0 Å². The zero-order chi connectivity index (χ0) is 10.8. The van der Waals surface area contributed by atoms with Crippen molar-refractivity contribution in [1.82, 2.24) is 0 Å². The Morgan fingerprint density at radius 2 is 1.86 bits per heavy atom. The first kappa shape index (κ1) is 11.9. The smallest absolute Gasteiger partial charge is 0.264 e. The standard InChI is InChI=1S/C8H16O5S/c9-7-3-1-2-6(8(7)10)4-5-14(11,12)13/h6-10H,1-5H2,(H,11,12,13). The summed E-state index contributed by atoms with van der Waals surface area (Å²) in [5.74, 6) is -0.567. The second kappa shape index (κ2) is 4.57. The molecule has 14 heavy (non-hydrogen) atoms. The fraction of sp³-hybridized carbons (Fsp3) is 1.00. The highest BCUT2D eigenvalue weighted by Gasteiger charge is 2.30. The van der Waals surface area contributed by atoms with E-state index in [1.807, 2.05) is 0 Å². The summed E-state index contributed by atoms with van der Waals surface area (Å²) in [6.07, 6.45) is 0.642. The van der Waals surface area contributed by atoms with Gasteiger partial charge in [-0.1, -0.05) is 6.42 Å². The Bertz CT molecular complexity index is 273. The highest BCUT2D eigenvalue weighted by molar-refractivity contribution is 7.85. The highest BCUT2D eigenvalue weighted by Crippen LogP contribution is 2.27. The average molecular weight is 224 g/mol. The number of hydrogen-bond donors (Lipinski definition) is 3. The lowest BCUT2D eigenvalue weighted by Gasteiger charge is -2.31. The Balaban J connectivity index is 2.44. The molecule has 5 nitrogen and oxygen atoms in total. The van der Waals surface area contributed by atoms with Crippen LogP contribution in [0, 0.1) is 5.92 Å². The molecule has 1 saturated carbocycles. The molecule has 1 aliphatic rings. The number of rotatable bonds is 3. The van der Waals surface area contributed by atoms with E-state index >= 15 is 0 Å². The van der Waals surface area contributed by atoms with E-state index in [2.05, 4.69) is 0 Å². The van der Waals surface area contributed by atoms with Crippen LogP contribution in [0.3, 0.4) is 0 Å². The van der Waals surface area contributed by atoms with Gasteiger partial charge in [0.15, 0.2) is 0 Å². The SMILES string of the molecule is O=S(=O)(O)CCC1CCCC(O)C1O. The summed E-state index contributed by atoms with van der Waals surface area (Å²) in [6, 6.07) is 0. The minimum Gasteiger partial charge on any atom is -0.390 e. The van der Waals surface area contributed by atoms with Crippen LogP contribution < -0.4 is 0 Å². The Labute approximate surface area is 83.5 Å². The molecule has 0 saturated heterocycles. The van der Waals surface area contributed by atoms with E-state index in [0.717, 1.165) is 6.42 Å². The van der Waals surface area contributed by atoms with Crippen molar-refractivity contribution in [3.8, 4) is 0 Å². The summed E-state index contributed by atoms with van der Waals surface area (Å²) in [5, 5.41) is 18.8. The van der Waals surface area contributed by atoms with Gasteiger partial charge in [0, 0.05) is 0 Å². The normalized spacial score (nSPS) is 34.4. The highest BCUT2D eigenvalue weighted by atomic mass is 32.2. The van der Waals surface area contributed by atoms with E-state index in [4.69, 9.17) is 4.55 Å². The van der Waals surface area contributed by atoms with Crippen LogP contribution in [-0.4, -0.2) is 41.1 Å². The topological polar surface area (TPSA) is 94.8 Å². The van der Waals surface area contributed by atoms with Crippen molar-refractivity contribution in [3.05, 3.63) is 0 Å². The van der Waals surface area contributed by atoms with Gasteiger partial charge in [-0.2, -0.15) is 8.42 Å².